The monoisotopic (exact) mass is 242 g/mol. The third-order valence-electron chi connectivity index (χ3n) is 2.31. The van der Waals surface area contributed by atoms with Crippen molar-refractivity contribution in [3.8, 4) is 0 Å². The fourth-order valence-corrected chi connectivity index (χ4v) is 1.38. The molecule has 0 radical (unpaired) electrons. The SMILES string of the molecule is CCN(CC(=O)O)c1nn(C)c(=O)n(C)c1=O. The molecule has 1 heterocycles. The van der Waals surface area contributed by atoms with Crippen molar-refractivity contribution in [3.05, 3.63) is 20.8 Å². The highest BCUT2D eigenvalue weighted by molar-refractivity contribution is 5.72. The van der Waals surface area contributed by atoms with Crippen LogP contribution >= 0.6 is 0 Å². The molecule has 0 bridgehead atoms. The third-order valence-corrected chi connectivity index (χ3v) is 2.31. The summed E-state index contributed by atoms with van der Waals surface area (Å²) in [5.41, 5.74) is -1.15. The molecule has 0 saturated heterocycles. The Kier molecular flexibility index (Phi) is 3.66. The minimum atomic E-state index is -1.07. The summed E-state index contributed by atoms with van der Waals surface area (Å²) in [4.78, 5) is 35.1. The minimum Gasteiger partial charge on any atom is -0.480 e. The fraction of sp³-hybridized carbons (Fsp3) is 0.556. The summed E-state index contributed by atoms with van der Waals surface area (Å²) in [5.74, 6) is -1.11. The number of carboxylic acids is 1. The second-order valence-electron chi connectivity index (χ2n) is 3.50. The summed E-state index contributed by atoms with van der Waals surface area (Å²) in [6, 6.07) is 0. The Morgan fingerprint density at radius 2 is 2.00 bits per heavy atom. The molecule has 8 nitrogen and oxygen atoms in total. The smallest absolute Gasteiger partial charge is 0.346 e. The topological polar surface area (TPSA) is 97.4 Å². The number of anilines is 1. The first-order valence-corrected chi connectivity index (χ1v) is 4.99. The van der Waals surface area contributed by atoms with Crippen LogP contribution in [0.5, 0.6) is 0 Å². The summed E-state index contributed by atoms with van der Waals surface area (Å²) >= 11 is 0. The van der Waals surface area contributed by atoms with Crippen molar-refractivity contribution in [2.75, 3.05) is 18.0 Å². The number of aliphatic carboxylic acids is 1. The molecule has 0 fully saturated rings. The molecule has 1 aromatic heterocycles. The average Bonchev–Trinajstić information content (AvgIpc) is 2.28. The molecule has 0 atom stereocenters. The lowest BCUT2D eigenvalue weighted by Gasteiger charge is -2.19. The van der Waals surface area contributed by atoms with E-state index in [9.17, 15) is 14.4 Å². The predicted molar refractivity (Wildman–Crippen MR) is 60.2 cm³/mol. The fourth-order valence-electron chi connectivity index (χ4n) is 1.38. The van der Waals surface area contributed by atoms with E-state index in [-0.39, 0.29) is 12.4 Å². The van der Waals surface area contributed by atoms with Gasteiger partial charge in [0.2, 0.25) is 5.82 Å². The van der Waals surface area contributed by atoms with Crippen LogP contribution in [-0.2, 0) is 18.9 Å². The van der Waals surface area contributed by atoms with E-state index in [0.717, 1.165) is 9.25 Å². The molecule has 0 saturated carbocycles. The summed E-state index contributed by atoms with van der Waals surface area (Å²) in [6.45, 7) is 1.68. The van der Waals surface area contributed by atoms with Gasteiger partial charge in [-0.25, -0.2) is 9.48 Å². The highest BCUT2D eigenvalue weighted by Gasteiger charge is 2.17. The average molecular weight is 242 g/mol. The molecule has 1 N–H and O–H groups in total. The van der Waals surface area contributed by atoms with Crippen molar-refractivity contribution in [1.82, 2.24) is 14.3 Å². The lowest BCUT2D eigenvalue weighted by Crippen LogP contribution is -2.44. The van der Waals surface area contributed by atoms with Crippen LogP contribution in [0.25, 0.3) is 0 Å². The van der Waals surface area contributed by atoms with Crippen LogP contribution in [-0.4, -0.2) is 38.5 Å². The number of hydrogen-bond acceptors (Lipinski definition) is 5. The largest absolute Gasteiger partial charge is 0.480 e. The maximum Gasteiger partial charge on any atom is 0.346 e. The van der Waals surface area contributed by atoms with Crippen molar-refractivity contribution < 1.29 is 9.90 Å². The van der Waals surface area contributed by atoms with E-state index >= 15 is 0 Å². The lowest BCUT2D eigenvalue weighted by molar-refractivity contribution is -0.135. The van der Waals surface area contributed by atoms with Gasteiger partial charge < -0.3 is 10.0 Å². The van der Waals surface area contributed by atoms with Gasteiger partial charge in [-0.1, -0.05) is 0 Å². The highest BCUT2D eigenvalue weighted by Crippen LogP contribution is 2.00. The molecule has 0 amide bonds. The number of rotatable bonds is 4. The Morgan fingerprint density at radius 1 is 1.41 bits per heavy atom. The van der Waals surface area contributed by atoms with E-state index in [2.05, 4.69) is 5.10 Å². The van der Waals surface area contributed by atoms with Gasteiger partial charge in [0.15, 0.2) is 0 Å². The molecule has 0 spiro atoms. The van der Waals surface area contributed by atoms with Gasteiger partial charge in [0.05, 0.1) is 0 Å². The molecule has 94 valence electrons. The minimum absolute atomic E-state index is 0.0421. The van der Waals surface area contributed by atoms with Gasteiger partial charge in [-0.15, -0.1) is 5.10 Å². The van der Waals surface area contributed by atoms with Crippen LogP contribution in [0.2, 0.25) is 0 Å². The Labute approximate surface area is 96.7 Å². The number of carbonyl (C=O) groups is 1. The standard InChI is InChI=1S/C9H14N4O4/c1-4-13(5-6(14)15)7-8(16)11(2)9(17)12(3)10-7/h4-5H2,1-3H3,(H,14,15). The molecule has 0 aromatic carbocycles. The summed E-state index contributed by atoms with van der Waals surface area (Å²) in [5, 5.41) is 12.5. The molecule has 1 rings (SSSR count). The molecule has 0 aliphatic carbocycles. The maximum absolute atomic E-state index is 11.8. The molecule has 1 aromatic rings. The Balaban J connectivity index is 3.35. The van der Waals surface area contributed by atoms with Crippen LogP contribution in [0.3, 0.4) is 0 Å². The number of hydrogen-bond donors (Lipinski definition) is 1. The first kappa shape index (κ1) is 12.9. The van der Waals surface area contributed by atoms with E-state index in [4.69, 9.17) is 5.11 Å². The van der Waals surface area contributed by atoms with Gasteiger partial charge in [-0.2, -0.15) is 0 Å². The zero-order valence-electron chi connectivity index (χ0n) is 9.88. The Bertz CT molecular complexity index is 545. The van der Waals surface area contributed by atoms with Gasteiger partial charge in [0.25, 0.3) is 5.56 Å². The quantitative estimate of drug-likeness (QED) is 0.682. The maximum atomic E-state index is 11.8. The third kappa shape index (κ3) is 2.52. The Morgan fingerprint density at radius 3 is 2.47 bits per heavy atom. The lowest BCUT2D eigenvalue weighted by atomic mass is 10.4. The van der Waals surface area contributed by atoms with Crippen molar-refractivity contribution in [2.45, 2.75) is 6.92 Å². The van der Waals surface area contributed by atoms with Gasteiger partial charge >= 0.3 is 11.7 Å². The van der Waals surface area contributed by atoms with Gasteiger partial charge in [-0.3, -0.25) is 14.2 Å². The number of nitrogens with zero attached hydrogens (tertiary/aromatic N) is 4. The van der Waals surface area contributed by atoms with E-state index in [1.54, 1.807) is 6.92 Å². The van der Waals surface area contributed by atoms with E-state index < -0.39 is 17.2 Å². The first-order chi connectivity index (χ1) is 7.88. The summed E-state index contributed by atoms with van der Waals surface area (Å²) < 4.78 is 1.90. The molecular weight excluding hydrogens is 228 g/mol. The number of aryl methyl sites for hydroxylation is 1. The molecule has 0 aliphatic rings. The van der Waals surface area contributed by atoms with Crippen molar-refractivity contribution in [2.24, 2.45) is 14.1 Å². The number of likely N-dealkylation sites (N-methyl/N-ethyl adjacent to an activating group) is 1. The van der Waals surface area contributed by atoms with Crippen LogP contribution < -0.4 is 16.1 Å². The zero-order valence-corrected chi connectivity index (χ0v) is 9.88. The van der Waals surface area contributed by atoms with E-state index in [0.29, 0.717) is 6.54 Å². The van der Waals surface area contributed by atoms with Crippen LogP contribution in [0.1, 0.15) is 6.92 Å². The molecule has 17 heavy (non-hydrogen) atoms. The number of carboxylic acid groups (broad SMARTS) is 1. The molecular formula is C9H14N4O4. The van der Waals surface area contributed by atoms with Gasteiger partial charge in [0, 0.05) is 20.6 Å². The van der Waals surface area contributed by atoms with Crippen LogP contribution in [0, 0.1) is 0 Å². The van der Waals surface area contributed by atoms with E-state index in [1.807, 2.05) is 0 Å². The second-order valence-corrected chi connectivity index (χ2v) is 3.50. The van der Waals surface area contributed by atoms with E-state index in [1.165, 1.54) is 19.0 Å². The summed E-state index contributed by atoms with van der Waals surface area (Å²) in [6.07, 6.45) is 0. The zero-order chi connectivity index (χ0) is 13.2. The summed E-state index contributed by atoms with van der Waals surface area (Å²) in [7, 11) is 2.73. The predicted octanol–water partition coefficient (Wildman–Crippen LogP) is -1.61. The normalized spacial score (nSPS) is 10.3. The Hall–Kier alpha value is -2.12. The van der Waals surface area contributed by atoms with Crippen LogP contribution in [0.15, 0.2) is 9.59 Å². The molecule has 0 aliphatic heterocycles. The molecule has 0 unspecified atom stereocenters. The van der Waals surface area contributed by atoms with Crippen molar-refractivity contribution in [1.29, 1.82) is 0 Å². The van der Waals surface area contributed by atoms with Gasteiger partial charge in [-0.05, 0) is 6.92 Å². The van der Waals surface area contributed by atoms with Crippen LogP contribution in [0.4, 0.5) is 5.82 Å². The highest BCUT2D eigenvalue weighted by atomic mass is 16.4. The van der Waals surface area contributed by atoms with Crippen molar-refractivity contribution in [3.63, 3.8) is 0 Å². The second kappa shape index (κ2) is 4.81. The van der Waals surface area contributed by atoms with Crippen molar-refractivity contribution >= 4 is 11.8 Å². The molecule has 8 heteroatoms. The van der Waals surface area contributed by atoms with Gasteiger partial charge in [0.1, 0.15) is 6.54 Å². The first-order valence-electron chi connectivity index (χ1n) is 4.99. The number of aromatic nitrogens is 3.